The van der Waals surface area contributed by atoms with Crippen LogP contribution in [0.15, 0.2) is 0 Å². The summed E-state index contributed by atoms with van der Waals surface area (Å²) in [5.74, 6) is 0.224. The zero-order valence-corrected chi connectivity index (χ0v) is 93.2. The van der Waals surface area contributed by atoms with Crippen molar-refractivity contribution in [3.8, 4) is 0 Å². The Balaban J connectivity index is 0.000000175. The summed E-state index contributed by atoms with van der Waals surface area (Å²) in [6.07, 6.45) is 22.0. The van der Waals surface area contributed by atoms with Crippen LogP contribution in [0.1, 0.15) is 303 Å². The highest BCUT2D eigenvalue weighted by Crippen LogP contribution is 2.34. The third-order valence-electron chi connectivity index (χ3n) is 34.1. The quantitative estimate of drug-likeness (QED) is 0.207. The minimum atomic E-state index is -0.112. The van der Waals surface area contributed by atoms with Crippen molar-refractivity contribution < 1.29 is 14.3 Å². The first-order valence-electron chi connectivity index (χ1n) is 55.5. The number of nitrogens with zero attached hydrogens (tertiary/aromatic N) is 21. The zero-order valence-electron chi connectivity index (χ0n) is 93.2. The molecular weight excluding hydrogens is 1650 g/mol. The molecule has 0 N–H and O–H groups in total. The maximum atomic E-state index is 12.3. The van der Waals surface area contributed by atoms with Crippen LogP contribution in [-0.2, 0) is 9.53 Å². The summed E-state index contributed by atoms with van der Waals surface area (Å²) >= 11 is 0. The molecule has 15 rings (SSSR count). The van der Waals surface area contributed by atoms with E-state index in [9.17, 15) is 9.59 Å². The topological polar surface area (TPSA) is 111 Å². The molecule has 15 fully saturated rings. The Bertz CT molecular complexity index is 3080. The molecular formula is C109H219N21O3. The standard InChI is InChI=1S/C17H35N3.C16H31N3O2.C16H31N3.C16H33N3.C15H29N3O.C15H31N3.C14H29N3/c1-16(2,3)19-9-7-15(8-10-19)18-11-13-20(14-12-18)17(4,5)6;1-16(2,3)19-10-6-14(7-11-19)21-15(20)18-9-5-8-17(4)12-13-18;1-16(2,3)19-8-6-15(7-9-19)18-12-10-17(11-13-18)14-4-5-14;1-14(2)17-10-12-18(13-11-17)15-6-8-19(9-7-15)16(3,4)5;1-13(19)16-9-11-17(12-10-16)14-5-7-18(8-6-14)15(2,3)4;1-5-16-10-12-17(13-11-16)14-6-8-18(9-7-14)15(2,3)4;1-14(2,3)17-7-5-13(6-8-17)16-11-9-15(4)10-12-16/h15H,7-14H2,1-6H3;14H,5-13H2,1-4H3;14-15H,4-13H2,1-3H3;14-15H,6-13H2,1-5H3;14H,5-12H2,1-4H3;14H,5-13H2,1-4H3;13H,5-12H2,1-4H3. The Kier molecular flexibility index (Phi) is 45.2. The van der Waals surface area contributed by atoms with Gasteiger partial charge in [0.25, 0.3) is 0 Å². The van der Waals surface area contributed by atoms with Gasteiger partial charge in [-0.2, -0.15) is 0 Å². The zero-order chi connectivity index (χ0) is 97.6. The molecule has 0 atom stereocenters. The van der Waals surface area contributed by atoms with Crippen LogP contribution >= 0.6 is 0 Å². The van der Waals surface area contributed by atoms with Crippen LogP contribution in [-0.4, -0.2) is 509 Å². The summed E-state index contributed by atoms with van der Waals surface area (Å²) in [6, 6.07) is 6.64. The van der Waals surface area contributed by atoms with E-state index in [0.29, 0.717) is 44.8 Å². The maximum absolute atomic E-state index is 12.3. The highest BCUT2D eigenvalue weighted by atomic mass is 16.6. The van der Waals surface area contributed by atoms with Gasteiger partial charge in [0.15, 0.2) is 0 Å². The summed E-state index contributed by atoms with van der Waals surface area (Å²) in [5, 5.41) is 0. The highest BCUT2D eigenvalue weighted by Gasteiger charge is 2.41. The smallest absolute Gasteiger partial charge is 0.410 e. The molecule has 1 aliphatic carbocycles. The number of rotatable bonds is 10. The lowest BCUT2D eigenvalue weighted by Crippen LogP contribution is -2.58. The molecule has 0 unspecified atom stereocenters. The number of likely N-dealkylation sites (N-methyl/N-ethyl adjacent to an activating group) is 3. The molecule has 1 saturated carbocycles. The van der Waals surface area contributed by atoms with E-state index >= 15 is 0 Å². The molecule has 14 heterocycles. The summed E-state index contributed by atoms with van der Waals surface area (Å²) in [5.41, 5.74) is 2.61. The van der Waals surface area contributed by atoms with Crippen molar-refractivity contribution in [1.29, 1.82) is 0 Å². The van der Waals surface area contributed by atoms with Gasteiger partial charge in [0.05, 0.1) is 0 Å². The molecule has 0 aromatic heterocycles. The van der Waals surface area contributed by atoms with E-state index in [-0.39, 0.29) is 23.6 Å². The van der Waals surface area contributed by atoms with Gasteiger partial charge in [-0.3, -0.25) is 83.2 Å². The summed E-state index contributed by atoms with van der Waals surface area (Å²) in [7, 11) is 4.34. The Morgan fingerprint density at radius 3 is 0.714 bits per heavy atom. The maximum Gasteiger partial charge on any atom is 0.410 e. The molecule has 14 aliphatic heterocycles. The van der Waals surface area contributed by atoms with E-state index in [1.54, 1.807) is 6.92 Å². The number of likely N-dealkylation sites (tertiary alicyclic amines) is 7. The molecule has 133 heavy (non-hydrogen) atoms. The minimum absolute atomic E-state index is 0.0945. The third-order valence-corrected chi connectivity index (χ3v) is 34.1. The lowest BCUT2D eigenvalue weighted by Gasteiger charge is -2.48. The predicted octanol–water partition coefficient (Wildman–Crippen LogP) is 13.8. The van der Waals surface area contributed by atoms with Gasteiger partial charge in [-0.05, 0) is 316 Å². The van der Waals surface area contributed by atoms with Gasteiger partial charge >= 0.3 is 6.09 Å². The van der Waals surface area contributed by atoms with E-state index in [2.05, 4.69) is 294 Å². The molecule has 0 aromatic carbocycles. The number of piperidine rings is 7. The Morgan fingerprint density at radius 2 is 0.459 bits per heavy atom. The lowest BCUT2D eigenvalue weighted by atomic mass is 9.96. The van der Waals surface area contributed by atoms with Gasteiger partial charge in [-0.1, -0.05) is 6.92 Å². The van der Waals surface area contributed by atoms with Crippen molar-refractivity contribution in [2.24, 2.45) is 0 Å². The molecule has 778 valence electrons. The molecule has 14 saturated heterocycles. The van der Waals surface area contributed by atoms with Crippen molar-refractivity contribution in [1.82, 2.24) is 103 Å². The van der Waals surface area contributed by atoms with Crippen LogP contribution in [0.4, 0.5) is 4.79 Å². The van der Waals surface area contributed by atoms with E-state index in [0.717, 1.165) is 127 Å². The van der Waals surface area contributed by atoms with Gasteiger partial charge in [0.2, 0.25) is 5.91 Å². The number of hydrogen-bond donors (Lipinski definition) is 0. The normalized spacial score (nSPS) is 26.4. The fraction of sp³-hybridized carbons (Fsp3) is 0.982. The monoisotopic (exact) mass is 1870 g/mol. The Morgan fingerprint density at radius 1 is 0.248 bits per heavy atom. The first kappa shape index (κ1) is 115. The second-order valence-electron chi connectivity index (χ2n) is 51.7. The number of ether oxygens (including phenoxy) is 1. The average molecular weight is 1870 g/mol. The van der Waals surface area contributed by atoms with Gasteiger partial charge in [-0.15, -0.1) is 0 Å². The molecule has 2 amide bonds. The van der Waals surface area contributed by atoms with Crippen molar-refractivity contribution in [2.45, 2.75) is 402 Å². The summed E-state index contributed by atoms with van der Waals surface area (Å²) in [4.78, 5) is 77.4. The first-order valence-corrected chi connectivity index (χ1v) is 55.5. The molecule has 15 aliphatic rings. The third kappa shape index (κ3) is 38.2. The SMILES string of the molecule is CC(=O)N1CCN(C2CCN(C(C)(C)C)CC2)CC1.CC(C)(C)N1CCC(N2CCN(C(C)(C)C)CC2)CC1.CC(C)(C)N1CCC(N2CCN(C3CC3)CC2)CC1.CC(C)N1CCN(C2CCN(C(C)(C)C)CC2)CC1.CCN1CCN(C2CCN(C(C)(C)C)CC2)CC1.CN1CCCN(C(=O)OC2CCN(C(C)(C)C)CC2)CC1.CN1CCN(C2CCN(C(C)(C)C)CC2)CC1. The highest BCUT2D eigenvalue weighted by molar-refractivity contribution is 5.73. The fourth-order valence-corrected chi connectivity index (χ4v) is 23.8. The van der Waals surface area contributed by atoms with Crippen LogP contribution in [0.3, 0.4) is 0 Å². The van der Waals surface area contributed by atoms with Crippen LogP contribution in [0, 0.1) is 0 Å². The summed E-state index contributed by atoms with van der Waals surface area (Å²) in [6.45, 7) is 116. The molecule has 0 aromatic rings. The van der Waals surface area contributed by atoms with Gasteiger partial charge in [0, 0.05) is 368 Å². The van der Waals surface area contributed by atoms with Crippen molar-refractivity contribution in [3.63, 3.8) is 0 Å². The Hall–Kier alpha value is -2.02. The molecule has 24 nitrogen and oxygen atoms in total. The number of piperazine rings is 6. The molecule has 0 bridgehead atoms. The van der Waals surface area contributed by atoms with E-state index in [1.165, 1.54) is 306 Å². The molecule has 0 spiro atoms. The first-order chi connectivity index (χ1) is 62.3. The number of hydrogen-bond acceptors (Lipinski definition) is 22. The van der Waals surface area contributed by atoms with Gasteiger partial charge in [0.1, 0.15) is 6.10 Å². The fourth-order valence-electron chi connectivity index (χ4n) is 23.8. The average Bonchev–Trinajstić information content (AvgIpc) is 1.80. The van der Waals surface area contributed by atoms with Crippen LogP contribution < -0.4 is 0 Å². The second kappa shape index (κ2) is 52.5. The number of carbonyl (C=O) groups is 2. The largest absolute Gasteiger partial charge is 0.446 e. The molecule has 24 heteroatoms. The van der Waals surface area contributed by atoms with E-state index in [1.807, 2.05) is 9.80 Å². The van der Waals surface area contributed by atoms with Crippen LogP contribution in [0.2, 0.25) is 0 Å². The predicted molar refractivity (Wildman–Crippen MR) is 565 cm³/mol. The van der Waals surface area contributed by atoms with E-state index < -0.39 is 0 Å². The Labute approximate surface area is 821 Å². The number of amides is 2. The van der Waals surface area contributed by atoms with Gasteiger partial charge in [-0.25, -0.2) is 4.79 Å². The van der Waals surface area contributed by atoms with E-state index in [4.69, 9.17) is 4.74 Å². The van der Waals surface area contributed by atoms with Crippen LogP contribution in [0.5, 0.6) is 0 Å². The lowest BCUT2D eigenvalue weighted by molar-refractivity contribution is -0.131. The van der Waals surface area contributed by atoms with Gasteiger partial charge < -0.3 is 29.2 Å². The van der Waals surface area contributed by atoms with Crippen molar-refractivity contribution in [3.05, 3.63) is 0 Å². The second-order valence-corrected chi connectivity index (χ2v) is 51.7. The summed E-state index contributed by atoms with van der Waals surface area (Å²) < 4.78 is 5.72. The van der Waals surface area contributed by atoms with Crippen LogP contribution in [0.25, 0.3) is 0 Å². The minimum Gasteiger partial charge on any atom is -0.446 e. The van der Waals surface area contributed by atoms with Crippen molar-refractivity contribution >= 4 is 12.0 Å². The molecule has 0 radical (unpaired) electrons. The van der Waals surface area contributed by atoms with Crippen molar-refractivity contribution in [2.75, 3.05) is 296 Å². The number of carbonyl (C=O) groups excluding carboxylic acids is 2.